The average molecular weight is 641 g/mol. The molecule has 1 atom stereocenters. The summed E-state index contributed by atoms with van der Waals surface area (Å²) in [4.78, 5) is 11.0. The number of nitrogens with zero attached hydrogens (tertiary/aromatic N) is 2. The molecule has 4 heteroatoms. The summed E-state index contributed by atoms with van der Waals surface area (Å²) >= 11 is 9.12. The van der Waals surface area contributed by atoms with E-state index in [0.717, 1.165) is 55.7 Å². The fourth-order valence-electron chi connectivity index (χ4n) is 7.09. The minimum atomic E-state index is 0.137. The second-order valence-corrected chi connectivity index (χ2v) is 13.7. The zero-order valence-electron chi connectivity index (χ0n) is 25.7. The maximum atomic E-state index is 7.34. The average Bonchev–Trinajstić information content (AvgIpc) is 3.50. The van der Waals surface area contributed by atoms with E-state index in [2.05, 4.69) is 146 Å². The van der Waals surface area contributed by atoms with Crippen LogP contribution in [-0.4, -0.2) is 11.5 Å². The van der Waals surface area contributed by atoms with Gasteiger partial charge in [0, 0.05) is 42.8 Å². The van der Waals surface area contributed by atoms with Gasteiger partial charge in [-0.1, -0.05) is 134 Å². The van der Waals surface area contributed by atoms with Crippen molar-refractivity contribution in [2.45, 2.75) is 13.3 Å². The first-order chi connectivity index (χ1) is 23.1. The van der Waals surface area contributed by atoms with Crippen molar-refractivity contribution in [1.82, 2.24) is 0 Å². The van der Waals surface area contributed by atoms with E-state index >= 15 is 0 Å². The highest BCUT2D eigenvalue weighted by atomic mass is 35.5. The molecule has 47 heavy (non-hydrogen) atoms. The van der Waals surface area contributed by atoms with Gasteiger partial charge in [-0.15, -0.1) is 11.3 Å². The van der Waals surface area contributed by atoms with E-state index in [1.807, 2.05) is 0 Å². The summed E-state index contributed by atoms with van der Waals surface area (Å²) in [7, 11) is 0. The Morgan fingerprint density at radius 3 is 2.11 bits per heavy atom. The van der Waals surface area contributed by atoms with Crippen LogP contribution in [0.1, 0.15) is 30.0 Å². The van der Waals surface area contributed by atoms with Crippen LogP contribution in [0, 0.1) is 5.92 Å². The topological polar surface area (TPSA) is 24.7 Å². The molecule has 0 amide bonds. The minimum Gasteiger partial charge on any atom is -0.232 e. The highest BCUT2D eigenvalue weighted by Crippen LogP contribution is 2.42. The van der Waals surface area contributed by atoms with Crippen LogP contribution in [0.4, 0.5) is 0 Å². The van der Waals surface area contributed by atoms with Gasteiger partial charge in [0.15, 0.2) is 5.84 Å². The van der Waals surface area contributed by atoms with E-state index in [4.69, 9.17) is 21.6 Å². The summed E-state index contributed by atoms with van der Waals surface area (Å²) in [5.74, 6) is 0.830. The fraction of sp³-hybridized carbons (Fsp3) is 0.0698. The Morgan fingerprint density at radius 2 is 1.26 bits per heavy atom. The number of allylic oxidation sites excluding steroid dienone is 1. The van der Waals surface area contributed by atoms with E-state index in [0.29, 0.717) is 5.84 Å². The summed E-state index contributed by atoms with van der Waals surface area (Å²) in [6.45, 7) is 2.27. The molecule has 0 N–H and O–H groups in total. The summed E-state index contributed by atoms with van der Waals surface area (Å²) in [6, 6.07) is 47.3. The summed E-state index contributed by atoms with van der Waals surface area (Å²) in [5.41, 5.74) is 4.98. The van der Waals surface area contributed by atoms with Crippen LogP contribution in [0.5, 0.6) is 0 Å². The SMILES string of the molecule is CC1C/C=C(c2ccc3sc4ccccc4c3c2Cl)/N=C(c2cc3ccccc3c3ccccc23)\N=C/1c1cccc2ccccc12. The molecule has 1 aliphatic rings. The third-order valence-electron chi connectivity index (χ3n) is 9.41. The van der Waals surface area contributed by atoms with E-state index < -0.39 is 0 Å². The third kappa shape index (κ3) is 4.69. The van der Waals surface area contributed by atoms with Crippen LogP contribution in [0.2, 0.25) is 5.02 Å². The normalized spacial score (nSPS) is 18.9. The van der Waals surface area contributed by atoms with E-state index in [9.17, 15) is 0 Å². The Labute approximate surface area is 282 Å². The van der Waals surface area contributed by atoms with Crippen LogP contribution in [-0.2, 0) is 0 Å². The third-order valence-corrected chi connectivity index (χ3v) is 10.9. The summed E-state index contributed by atoms with van der Waals surface area (Å²) in [5, 5.41) is 10.1. The van der Waals surface area contributed by atoms with Crippen molar-refractivity contribution in [3.8, 4) is 0 Å². The highest BCUT2D eigenvalue weighted by Gasteiger charge is 2.23. The van der Waals surface area contributed by atoms with Gasteiger partial charge in [-0.3, -0.25) is 0 Å². The second-order valence-electron chi connectivity index (χ2n) is 12.3. The van der Waals surface area contributed by atoms with Crippen LogP contribution >= 0.6 is 22.9 Å². The van der Waals surface area contributed by atoms with Crippen LogP contribution in [0.3, 0.4) is 0 Å². The molecule has 0 spiro atoms. The van der Waals surface area contributed by atoms with Crippen molar-refractivity contribution in [3.05, 3.63) is 161 Å². The molecule has 0 aliphatic carbocycles. The predicted molar refractivity (Wildman–Crippen MR) is 205 cm³/mol. The molecule has 9 rings (SSSR count). The molecule has 0 radical (unpaired) electrons. The number of thiophene rings is 1. The number of rotatable bonds is 3. The highest BCUT2D eigenvalue weighted by molar-refractivity contribution is 7.26. The molecule has 0 bridgehead atoms. The monoisotopic (exact) mass is 640 g/mol. The van der Waals surface area contributed by atoms with Gasteiger partial charge in [0.05, 0.1) is 16.4 Å². The Kier molecular flexibility index (Phi) is 6.77. The minimum absolute atomic E-state index is 0.137. The molecule has 0 saturated carbocycles. The number of hydrogen-bond donors (Lipinski definition) is 0. The number of hydrogen-bond acceptors (Lipinski definition) is 3. The van der Waals surface area contributed by atoms with Crippen molar-refractivity contribution in [2.75, 3.05) is 0 Å². The van der Waals surface area contributed by atoms with Gasteiger partial charge in [-0.05, 0) is 63.0 Å². The molecule has 224 valence electrons. The van der Waals surface area contributed by atoms with Crippen molar-refractivity contribution in [1.29, 1.82) is 0 Å². The number of fused-ring (bicyclic) bond motifs is 7. The largest absolute Gasteiger partial charge is 0.232 e. The van der Waals surface area contributed by atoms with Gasteiger partial charge in [0.1, 0.15) is 0 Å². The molecular weight excluding hydrogens is 612 g/mol. The second kappa shape index (κ2) is 11.3. The zero-order valence-corrected chi connectivity index (χ0v) is 27.3. The quantitative estimate of drug-likeness (QED) is 0.172. The maximum absolute atomic E-state index is 7.34. The Morgan fingerprint density at radius 1 is 0.574 bits per heavy atom. The lowest BCUT2D eigenvalue weighted by Crippen LogP contribution is -2.17. The first-order valence-corrected chi connectivity index (χ1v) is 17.2. The van der Waals surface area contributed by atoms with Crippen molar-refractivity contribution in [2.24, 2.45) is 15.9 Å². The Hall–Kier alpha value is -5.09. The van der Waals surface area contributed by atoms with Gasteiger partial charge in [0.2, 0.25) is 0 Å². The molecule has 0 fully saturated rings. The molecule has 8 aromatic rings. The lowest BCUT2D eigenvalue weighted by Gasteiger charge is -2.21. The van der Waals surface area contributed by atoms with E-state index in [1.54, 1.807) is 11.3 Å². The molecule has 1 aromatic heterocycles. The molecule has 1 unspecified atom stereocenters. The first kappa shape index (κ1) is 28.2. The van der Waals surface area contributed by atoms with Crippen LogP contribution in [0.15, 0.2) is 150 Å². The zero-order chi connectivity index (χ0) is 31.5. The van der Waals surface area contributed by atoms with Crippen LogP contribution < -0.4 is 0 Å². The standard InChI is InChI=1S/C43H29ClN2S/c1-26-21-23-37(34-22-24-39-40(41(34)44)35-18-8-9-20-38(35)47-39)45-43(46-42(26)33-19-10-13-27-11-2-4-14-29(27)33)36-25-28-12-3-5-15-30(28)31-16-6-7-17-32(31)36/h2-20,22-26H,21H2,1H3/b37-23+,45-43-,46-42+. The van der Waals surface area contributed by atoms with E-state index in [1.165, 1.54) is 36.3 Å². The molecule has 2 nitrogen and oxygen atoms in total. The number of benzene rings is 7. The smallest absolute Gasteiger partial charge is 0.160 e. The lowest BCUT2D eigenvalue weighted by molar-refractivity contribution is 0.791. The first-order valence-electron chi connectivity index (χ1n) is 16.0. The van der Waals surface area contributed by atoms with Crippen molar-refractivity contribution in [3.63, 3.8) is 0 Å². The van der Waals surface area contributed by atoms with Gasteiger partial charge in [-0.2, -0.15) is 0 Å². The maximum Gasteiger partial charge on any atom is 0.160 e. The van der Waals surface area contributed by atoms with Crippen molar-refractivity contribution >= 4 is 92.7 Å². The molecule has 7 aromatic carbocycles. The molecule has 1 aliphatic heterocycles. The van der Waals surface area contributed by atoms with Crippen molar-refractivity contribution < 1.29 is 0 Å². The molecule has 0 saturated heterocycles. The fourth-order valence-corrected chi connectivity index (χ4v) is 8.62. The number of aliphatic imine (C=N–C) groups is 2. The van der Waals surface area contributed by atoms with Gasteiger partial charge >= 0.3 is 0 Å². The summed E-state index contributed by atoms with van der Waals surface area (Å²) in [6.07, 6.45) is 3.04. The van der Waals surface area contributed by atoms with Gasteiger partial charge in [-0.25, -0.2) is 9.98 Å². The Balaban J connectivity index is 1.34. The molecular formula is C43H29ClN2S. The number of amidine groups is 1. The summed E-state index contributed by atoms with van der Waals surface area (Å²) < 4.78 is 2.42. The van der Waals surface area contributed by atoms with Gasteiger partial charge < -0.3 is 0 Å². The lowest BCUT2D eigenvalue weighted by atomic mass is 9.90. The van der Waals surface area contributed by atoms with E-state index in [-0.39, 0.29) is 5.92 Å². The van der Waals surface area contributed by atoms with Gasteiger partial charge in [0.25, 0.3) is 0 Å². The predicted octanol–water partition coefficient (Wildman–Crippen LogP) is 12.5. The number of halogens is 1. The van der Waals surface area contributed by atoms with Crippen LogP contribution in [0.25, 0.3) is 58.2 Å². The molecule has 2 heterocycles. The Bertz CT molecular complexity index is 2640.